The Hall–Kier alpha value is -6.24. The zero-order valence-electron chi connectivity index (χ0n) is 32.9. The number of fused-ring (bicyclic) bond motifs is 3. The molecule has 0 heteroatoms. The van der Waals surface area contributed by atoms with E-state index in [1.54, 1.807) is 0 Å². The molecular formula is C56H42. The molecule has 0 heterocycles. The second-order valence-corrected chi connectivity index (χ2v) is 18.5. The van der Waals surface area contributed by atoms with Crippen LogP contribution in [0.15, 0.2) is 146 Å². The van der Waals surface area contributed by atoms with Crippen molar-refractivity contribution in [3.63, 3.8) is 0 Å². The smallest absolute Gasteiger partial charge is 0.00139 e. The Bertz CT molecular complexity index is 3200. The standard InChI is InChI=1S/C56H42/c1-55(2,3)37-27-33-13-11-31-15-19-41(43-21-17-35(29-37)49(33)51(31)43)47-25-23-45-39-9-7-8-10-40(39)46-24-26-48(54(47)53(45)46)42-20-16-32-12-14-34-28-38(56(4,5)6)30-36-18-22-44(42)52(32)50(34)36/h7-30H,1-6H3. The summed E-state index contributed by atoms with van der Waals surface area (Å²) in [7, 11) is 0. The molecule has 11 aromatic rings. The summed E-state index contributed by atoms with van der Waals surface area (Å²) >= 11 is 0. The van der Waals surface area contributed by atoms with Gasteiger partial charge in [-0.05, 0) is 142 Å². The molecule has 0 unspecified atom stereocenters. The molecule has 0 nitrogen and oxygen atoms in total. The van der Waals surface area contributed by atoms with Crippen LogP contribution in [0, 0.1) is 0 Å². The summed E-state index contributed by atoms with van der Waals surface area (Å²) in [5.74, 6) is 0. The molecule has 0 saturated carbocycles. The van der Waals surface area contributed by atoms with E-state index in [1.165, 1.54) is 131 Å². The van der Waals surface area contributed by atoms with Crippen LogP contribution in [0.2, 0.25) is 0 Å². The molecule has 0 atom stereocenters. The van der Waals surface area contributed by atoms with E-state index < -0.39 is 0 Å². The highest BCUT2D eigenvalue weighted by molar-refractivity contribution is 6.31. The van der Waals surface area contributed by atoms with Gasteiger partial charge in [0.05, 0.1) is 0 Å². The third kappa shape index (κ3) is 4.25. The predicted octanol–water partition coefficient (Wildman–Crippen LogP) is 16.2. The van der Waals surface area contributed by atoms with E-state index in [-0.39, 0.29) is 10.8 Å². The second kappa shape index (κ2) is 10.7. The molecule has 56 heavy (non-hydrogen) atoms. The Morgan fingerprint density at radius 3 is 0.929 bits per heavy atom. The monoisotopic (exact) mass is 714 g/mol. The summed E-state index contributed by atoms with van der Waals surface area (Å²) in [6.45, 7) is 13.9. The van der Waals surface area contributed by atoms with Crippen LogP contribution in [-0.2, 0) is 10.8 Å². The Kier molecular flexibility index (Phi) is 6.15. The van der Waals surface area contributed by atoms with Crippen LogP contribution in [0.3, 0.4) is 0 Å². The van der Waals surface area contributed by atoms with Crippen molar-refractivity contribution in [2.45, 2.75) is 52.4 Å². The lowest BCUT2D eigenvalue weighted by Gasteiger charge is -2.23. The SMILES string of the molecule is CC(C)(C)c1cc2ccc3ccc(-c4ccc5c6c(ccc(-c7ccc8ccc9cc(C(C)(C)C)cc%10ccc7c8c9%10)c46)-c4ccccc4-5)c4ccc(c1)c2c34. The summed E-state index contributed by atoms with van der Waals surface area (Å²) in [4.78, 5) is 0. The van der Waals surface area contributed by atoms with Crippen molar-refractivity contribution in [2.75, 3.05) is 0 Å². The molecule has 0 N–H and O–H groups in total. The average molecular weight is 715 g/mol. The molecule has 0 aliphatic heterocycles. The Labute approximate surface area is 327 Å². The molecule has 1 aliphatic carbocycles. The topological polar surface area (TPSA) is 0 Å². The lowest BCUT2D eigenvalue weighted by Crippen LogP contribution is -2.10. The minimum Gasteiger partial charge on any atom is -0.0616 e. The maximum Gasteiger partial charge on any atom is -0.00139 e. The maximum absolute atomic E-state index is 2.42. The van der Waals surface area contributed by atoms with Crippen molar-refractivity contribution in [1.29, 1.82) is 0 Å². The lowest BCUT2D eigenvalue weighted by molar-refractivity contribution is 0.591. The van der Waals surface area contributed by atoms with Crippen molar-refractivity contribution in [3.05, 3.63) is 157 Å². The second-order valence-electron chi connectivity index (χ2n) is 18.5. The number of benzene rings is 11. The Morgan fingerprint density at radius 2 is 0.554 bits per heavy atom. The van der Waals surface area contributed by atoms with Crippen molar-refractivity contribution in [1.82, 2.24) is 0 Å². The quantitative estimate of drug-likeness (QED) is 0.156. The fourth-order valence-electron chi connectivity index (χ4n) is 10.3. The first-order valence-corrected chi connectivity index (χ1v) is 20.2. The van der Waals surface area contributed by atoms with Gasteiger partial charge in [-0.2, -0.15) is 0 Å². The van der Waals surface area contributed by atoms with Gasteiger partial charge in [0.1, 0.15) is 0 Å². The molecule has 12 rings (SSSR count). The number of hydrogen-bond acceptors (Lipinski definition) is 0. The van der Waals surface area contributed by atoms with E-state index in [0.29, 0.717) is 0 Å². The van der Waals surface area contributed by atoms with Gasteiger partial charge in [-0.25, -0.2) is 0 Å². The maximum atomic E-state index is 2.42. The van der Waals surface area contributed by atoms with Gasteiger partial charge in [0.25, 0.3) is 0 Å². The minimum absolute atomic E-state index is 0.0781. The summed E-state index contributed by atoms with van der Waals surface area (Å²) in [6, 6.07) is 56.5. The average Bonchev–Trinajstić information content (AvgIpc) is 3.52. The molecule has 0 saturated heterocycles. The third-order valence-electron chi connectivity index (χ3n) is 13.2. The van der Waals surface area contributed by atoms with Gasteiger partial charge in [-0.3, -0.25) is 0 Å². The lowest BCUT2D eigenvalue weighted by atomic mass is 9.81. The first kappa shape index (κ1) is 32.0. The first-order chi connectivity index (χ1) is 27.0. The number of hydrogen-bond donors (Lipinski definition) is 0. The van der Waals surface area contributed by atoms with Gasteiger partial charge >= 0.3 is 0 Å². The van der Waals surface area contributed by atoms with E-state index in [1.807, 2.05) is 0 Å². The zero-order valence-corrected chi connectivity index (χ0v) is 32.9. The molecule has 1 aliphatic rings. The van der Waals surface area contributed by atoms with Gasteiger partial charge in [0.2, 0.25) is 0 Å². The van der Waals surface area contributed by atoms with E-state index in [9.17, 15) is 0 Å². The molecule has 0 radical (unpaired) electrons. The molecular weight excluding hydrogens is 673 g/mol. The van der Waals surface area contributed by atoms with Crippen LogP contribution >= 0.6 is 0 Å². The highest BCUT2D eigenvalue weighted by atomic mass is 14.3. The van der Waals surface area contributed by atoms with E-state index in [0.717, 1.165) is 0 Å². The van der Waals surface area contributed by atoms with Crippen LogP contribution in [0.1, 0.15) is 52.7 Å². The van der Waals surface area contributed by atoms with E-state index in [4.69, 9.17) is 0 Å². The van der Waals surface area contributed by atoms with Gasteiger partial charge in [-0.15, -0.1) is 0 Å². The largest absolute Gasteiger partial charge is 0.0616 e. The first-order valence-electron chi connectivity index (χ1n) is 20.2. The summed E-state index contributed by atoms with van der Waals surface area (Å²) in [6.07, 6.45) is 0. The van der Waals surface area contributed by atoms with Gasteiger partial charge in [0, 0.05) is 0 Å². The van der Waals surface area contributed by atoms with Crippen LogP contribution in [0.25, 0.3) is 120 Å². The summed E-state index contributed by atoms with van der Waals surface area (Å²) < 4.78 is 0. The fourth-order valence-corrected chi connectivity index (χ4v) is 10.3. The van der Waals surface area contributed by atoms with Crippen LogP contribution in [0.4, 0.5) is 0 Å². The Balaban J connectivity index is 1.19. The number of rotatable bonds is 2. The molecule has 0 amide bonds. The highest BCUT2D eigenvalue weighted by Gasteiger charge is 2.27. The van der Waals surface area contributed by atoms with Crippen LogP contribution in [0.5, 0.6) is 0 Å². The van der Waals surface area contributed by atoms with Crippen molar-refractivity contribution >= 4 is 75.4 Å². The summed E-state index contributed by atoms with van der Waals surface area (Å²) in [5.41, 5.74) is 13.4. The predicted molar refractivity (Wildman–Crippen MR) is 244 cm³/mol. The Morgan fingerprint density at radius 1 is 0.250 bits per heavy atom. The van der Waals surface area contributed by atoms with Crippen LogP contribution < -0.4 is 0 Å². The third-order valence-corrected chi connectivity index (χ3v) is 13.2. The molecule has 0 fully saturated rings. The van der Waals surface area contributed by atoms with Gasteiger partial charge in [-0.1, -0.05) is 187 Å². The van der Waals surface area contributed by atoms with Crippen LogP contribution in [-0.4, -0.2) is 0 Å². The van der Waals surface area contributed by atoms with Crippen molar-refractivity contribution < 1.29 is 0 Å². The van der Waals surface area contributed by atoms with E-state index in [2.05, 4.69) is 187 Å². The molecule has 11 aromatic carbocycles. The zero-order chi connectivity index (χ0) is 37.8. The molecule has 0 spiro atoms. The molecule has 0 aromatic heterocycles. The van der Waals surface area contributed by atoms with E-state index >= 15 is 0 Å². The molecule has 0 bridgehead atoms. The fraction of sp³-hybridized carbons (Fsp3) is 0.143. The van der Waals surface area contributed by atoms with Crippen molar-refractivity contribution in [3.8, 4) is 44.5 Å². The van der Waals surface area contributed by atoms with Gasteiger partial charge in [0.15, 0.2) is 0 Å². The van der Waals surface area contributed by atoms with Gasteiger partial charge < -0.3 is 0 Å². The summed E-state index contributed by atoms with van der Waals surface area (Å²) in [5, 5.41) is 18.7. The minimum atomic E-state index is 0.0781. The normalized spacial score (nSPS) is 13.2. The molecule has 266 valence electrons. The van der Waals surface area contributed by atoms with Crippen molar-refractivity contribution in [2.24, 2.45) is 0 Å². The highest BCUT2D eigenvalue weighted by Crippen LogP contribution is 2.54.